The number of ether oxygens (including phenoxy) is 1. The maximum absolute atomic E-state index is 12.5. The number of nitrogens with one attached hydrogen (secondary N) is 1. The summed E-state index contributed by atoms with van der Waals surface area (Å²) in [5.41, 5.74) is 1.35. The molecule has 1 spiro atoms. The van der Waals surface area contributed by atoms with E-state index in [2.05, 4.69) is 5.32 Å². The average molecular weight is 303 g/mol. The molecule has 1 N–H and O–H groups in total. The number of amides is 2. The van der Waals surface area contributed by atoms with Gasteiger partial charge >= 0.3 is 6.09 Å². The number of rotatable bonds is 2. The van der Waals surface area contributed by atoms with Crippen LogP contribution in [-0.2, 0) is 4.74 Å². The smallest absolute Gasteiger partial charge is 0.407 e. The molecule has 0 atom stereocenters. The fourth-order valence-corrected chi connectivity index (χ4v) is 2.98. The number of nitrogens with zero attached hydrogens (tertiary/aromatic N) is 2. The summed E-state index contributed by atoms with van der Waals surface area (Å²) < 4.78 is 5.37. The lowest BCUT2D eigenvalue weighted by Gasteiger charge is -2.37. The van der Waals surface area contributed by atoms with Crippen molar-refractivity contribution in [1.82, 2.24) is 10.2 Å². The monoisotopic (exact) mass is 303 g/mol. The van der Waals surface area contributed by atoms with Crippen molar-refractivity contribution in [3.8, 4) is 0 Å². The Morgan fingerprint density at radius 2 is 1.86 bits per heavy atom. The minimum absolute atomic E-state index is 0.0393. The number of benzene rings is 1. The van der Waals surface area contributed by atoms with Gasteiger partial charge in [-0.1, -0.05) is 0 Å². The van der Waals surface area contributed by atoms with Gasteiger partial charge in [0.25, 0.3) is 5.91 Å². The van der Waals surface area contributed by atoms with E-state index in [9.17, 15) is 9.59 Å². The van der Waals surface area contributed by atoms with E-state index in [1.807, 2.05) is 48.2 Å². The number of carbonyl (C=O) groups excluding carboxylic acids is 2. The topological polar surface area (TPSA) is 61.9 Å². The first-order chi connectivity index (χ1) is 10.5. The van der Waals surface area contributed by atoms with Crippen molar-refractivity contribution in [1.29, 1.82) is 0 Å². The number of piperidine rings is 1. The van der Waals surface area contributed by atoms with Crippen LogP contribution in [0.1, 0.15) is 23.2 Å². The van der Waals surface area contributed by atoms with Crippen LogP contribution in [0.15, 0.2) is 24.3 Å². The van der Waals surface area contributed by atoms with Crippen molar-refractivity contribution in [3.05, 3.63) is 29.8 Å². The fraction of sp³-hybridized carbons (Fsp3) is 0.500. The molecule has 118 valence electrons. The Labute approximate surface area is 130 Å². The molecule has 1 aromatic carbocycles. The van der Waals surface area contributed by atoms with Crippen LogP contribution in [0.25, 0.3) is 0 Å². The Morgan fingerprint density at radius 1 is 1.23 bits per heavy atom. The number of likely N-dealkylation sites (tertiary alicyclic amines) is 1. The summed E-state index contributed by atoms with van der Waals surface area (Å²) in [6, 6.07) is 7.61. The van der Waals surface area contributed by atoms with Crippen LogP contribution in [-0.4, -0.2) is 56.2 Å². The van der Waals surface area contributed by atoms with Crippen LogP contribution in [0.2, 0.25) is 0 Å². The Kier molecular flexibility index (Phi) is 3.68. The second kappa shape index (κ2) is 5.51. The molecule has 2 fully saturated rings. The summed E-state index contributed by atoms with van der Waals surface area (Å²) in [7, 11) is 3.94. The van der Waals surface area contributed by atoms with E-state index in [4.69, 9.17) is 4.74 Å². The molecule has 6 nitrogen and oxygen atoms in total. The molecular weight excluding hydrogens is 282 g/mol. The Balaban J connectivity index is 1.63. The first kappa shape index (κ1) is 14.7. The van der Waals surface area contributed by atoms with E-state index in [-0.39, 0.29) is 12.0 Å². The number of hydrogen-bond donors (Lipinski definition) is 1. The second-order valence-corrected chi connectivity index (χ2v) is 6.16. The molecule has 2 amide bonds. The third kappa shape index (κ3) is 2.73. The van der Waals surface area contributed by atoms with E-state index in [0.717, 1.165) is 5.69 Å². The van der Waals surface area contributed by atoms with Gasteiger partial charge in [-0.15, -0.1) is 0 Å². The molecule has 0 unspecified atom stereocenters. The van der Waals surface area contributed by atoms with Crippen LogP contribution >= 0.6 is 0 Å². The van der Waals surface area contributed by atoms with Gasteiger partial charge in [-0.05, 0) is 24.3 Å². The Hall–Kier alpha value is -2.24. The van der Waals surface area contributed by atoms with E-state index in [0.29, 0.717) is 38.0 Å². The molecule has 2 aliphatic heterocycles. The molecule has 2 aliphatic rings. The van der Waals surface area contributed by atoms with Gasteiger partial charge in [-0.2, -0.15) is 0 Å². The van der Waals surface area contributed by atoms with Gasteiger partial charge in [-0.25, -0.2) is 4.79 Å². The molecule has 0 aromatic heterocycles. The van der Waals surface area contributed by atoms with Crippen molar-refractivity contribution in [2.75, 3.05) is 38.6 Å². The summed E-state index contributed by atoms with van der Waals surface area (Å²) in [5, 5.41) is 2.70. The largest absolute Gasteiger partial charge is 0.441 e. The Bertz CT molecular complexity index is 575. The van der Waals surface area contributed by atoms with Gasteiger partial charge in [0.15, 0.2) is 0 Å². The van der Waals surface area contributed by atoms with Gasteiger partial charge in [-0.3, -0.25) is 4.79 Å². The van der Waals surface area contributed by atoms with Crippen LogP contribution in [0, 0.1) is 0 Å². The van der Waals surface area contributed by atoms with Gasteiger partial charge < -0.3 is 19.9 Å². The van der Waals surface area contributed by atoms with E-state index in [1.165, 1.54) is 0 Å². The zero-order chi connectivity index (χ0) is 15.7. The number of anilines is 1. The number of hydrogen-bond acceptors (Lipinski definition) is 4. The lowest BCUT2D eigenvalue weighted by molar-refractivity contribution is 0.00331. The first-order valence-electron chi connectivity index (χ1n) is 7.53. The predicted octanol–water partition coefficient (Wildman–Crippen LogP) is 1.47. The van der Waals surface area contributed by atoms with Gasteiger partial charge in [0.1, 0.15) is 5.60 Å². The maximum Gasteiger partial charge on any atom is 0.407 e. The molecule has 0 aliphatic carbocycles. The summed E-state index contributed by atoms with van der Waals surface area (Å²) >= 11 is 0. The molecular formula is C16H21N3O3. The molecule has 3 rings (SSSR count). The van der Waals surface area contributed by atoms with Crippen molar-refractivity contribution >= 4 is 17.7 Å². The van der Waals surface area contributed by atoms with Crippen molar-refractivity contribution in [2.24, 2.45) is 0 Å². The van der Waals surface area contributed by atoms with Crippen molar-refractivity contribution in [3.63, 3.8) is 0 Å². The highest BCUT2D eigenvalue weighted by molar-refractivity contribution is 5.94. The van der Waals surface area contributed by atoms with Crippen LogP contribution in [0.3, 0.4) is 0 Å². The quantitative estimate of drug-likeness (QED) is 0.898. The van der Waals surface area contributed by atoms with E-state index < -0.39 is 5.60 Å². The van der Waals surface area contributed by atoms with E-state index in [1.54, 1.807) is 0 Å². The molecule has 0 radical (unpaired) electrons. The highest BCUT2D eigenvalue weighted by Crippen LogP contribution is 2.29. The third-order valence-electron chi connectivity index (χ3n) is 4.46. The molecule has 6 heteroatoms. The zero-order valence-corrected chi connectivity index (χ0v) is 13.0. The highest BCUT2D eigenvalue weighted by Gasteiger charge is 2.43. The SMILES string of the molecule is CN(C)c1ccc(C(=O)N2CCC3(CC2)CNC(=O)O3)cc1. The van der Waals surface area contributed by atoms with E-state index >= 15 is 0 Å². The summed E-state index contributed by atoms with van der Waals surface area (Å²) in [6.45, 7) is 1.78. The van der Waals surface area contributed by atoms with Crippen molar-refractivity contribution in [2.45, 2.75) is 18.4 Å². The Morgan fingerprint density at radius 3 is 2.36 bits per heavy atom. The summed E-state index contributed by atoms with van der Waals surface area (Å²) in [6.07, 6.45) is 1.03. The third-order valence-corrected chi connectivity index (χ3v) is 4.46. The van der Waals surface area contributed by atoms with Crippen LogP contribution < -0.4 is 10.2 Å². The molecule has 0 bridgehead atoms. The molecule has 22 heavy (non-hydrogen) atoms. The lowest BCUT2D eigenvalue weighted by Crippen LogP contribution is -2.48. The maximum atomic E-state index is 12.5. The van der Waals surface area contributed by atoms with Gasteiger partial charge in [0, 0.05) is 51.3 Å². The number of carbonyl (C=O) groups is 2. The predicted molar refractivity (Wildman–Crippen MR) is 83.1 cm³/mol. The molecule has 1 aromatic rings. The summed E-state index contributed by atoms with van der Waals surface area (Å²) in [5.74, 6) is 0.0393. The number of alkyl carbamates (subject to hydrolysis) is 1. The first-order valence-corrected chi connectivity index (χ1v) is 7.53. The van der Waals surface area contributed by atoms with Crippen LogP contribution in [0.4, 0.5) is 10.5 Å². The van der Waals surface area contributed by atoms with Crippen LogP contribution in [0.5, 0.6) is 0 Å². The minimum Gasteiger partial charge on any atom is -0.441 e. The van der Waals surface area contributed by atoms with Gasteiger partial charge in [0.05, 0.1) is 6.54 Å². The van der Waals surface area contributed by atoms with Gasteiger partial charge in [0.2, 0.25) is 0 Å². The standard InChI is InChI=1S/C16H21N3O3/c1-18(2)13-5-3-12(4-6-13)14(20)19-9-7-16(8-10-19)11-17-15(21)22-16/h3-6H,7-11H2,1-2H3,(H,17,21). The van der Waals surface area contributed by atoms with Crippen molar-refractivity contribution < 1.29 is 14.3 Å². The summed E-state index contributed by atoms with van der Waals surface area (Å²) in [4.78, 5) is 27.6. The molecule has 2 saturated heterocycles. The normalized spacial score (nSPS) is 19.7. The lowest BCUT2D eigenvalue weighted by atomic mass is 9.91. The zero-order valence-electron chi connectivity index (χ0n) is 13.0. The highest BCUT2D eigenvalue weighted by atomic mass is 16.6. The second-order valence-electron chi connectivity index (χ2n) is 6.16. The molecule has 0 saturated carbocycles. The minimum atomic E-state index is -0.414. The molecule has 2 heterocycles. The average Bonchev–Trinajstić information content (AvgIpc) is 2.88. The fourth-order valence-electron chi connectivity index (χ4n) is 2.98.